The van der Waals surface area contributed by atoms with Gasteiger partial charge in [0, 0.05) is 44.6 Å². The van der Waals surface area contributed by atoms with E-state index in [9.17, 15) is 0 Å². The van der Waals surface area contributed by atoms with Gasteiger partial charge in [-0.15, -0.1) is 0 Å². The van der Waals surface area contributed by atoms with Gasteiger partial charge >= 0.3 is 0 Å². The van der Waals surface area contributed by atoms with Crippen molar-refractivity contribution >= 4 is 88.4 Å². The number of hydrogen-bond acceptors (Lipinski definition) is 3. The number of furan rings is 1. The molecular formula is C60H40N2O. The highest BCUT2D eigenvalue weighted by molar-refractivity contribution is 6.10. The summed E-state index contributed by atoms with van der Waals surface area (Å²) in [6.07, 6.45) is 0. The molecule has 0 radical (unpaired) electrons. The quantitative estimate of drug-likeness (QED) is 0.153. The molecule has 0 N–H and O–H groups in total. The molecule has 12 rings (SSSR count). The number of fused-ring (bicyclic) bond motifs is 6. The van der Waals surface area contributed by atoms with Gasteiger partial charge in [-0.3, -0.25) is 0 Å². The second-order valence-electron chi connectivity index (χ2n) is 16.1. The van der Waals surface area contributed by atoms with Gasteiger partial charge in [0.2, 0.25) is 0 Å². The van der Waals surface area contributed by atoms with E-state index in [2.05, 4.69) is 240 Å². The van der Waals surface area contributed by atoms with Crippen LogP contribution in [0.3, 0.4) is 0 Å². The Kier molecular flexibility index (Phi) is 8.83. The number of benzene rings is 11. The second kappa shape index (κ2) is 15.3. The minimum atomic E-state index is 0.869. The molecule has 0 aliphatic rings. The Labute approximate surface area is 365 Å². The van der Waals surface area contributed by atoms with Crippen LogP contribution < -0.4 is 9.80 Å². The Balaban J connectivity index is 1.01. The topological polar surface area (TPSA) is 19.6 Å². The van der Waals surface area contributed by atoms with Crippen molar-refractivity contribution in [2.75, 3.05) is 9.80 Å². The second-order valence-corrected chi connectivity index (χ2v) is 16.1. The van der Waals surface area contributed by atoms with Crippen molar-refractivity contribution in [1.82, 2.24) is 0 Å². The summed E-state index contributed by atoms with van der Waals surface area (Å²) in [6, 6.07) is 87.2. The maximum Gasteiger partial charge on any atom is 0.135 e. The Hall–Kier alpha value is -8.40. The van der Waals surface area contributed by atoms with Gasteiger partial charge in [0.05, 0.1) is 5.69 Å². The fourth-order valence-electron chi connectivity index (χ4n) is 9.53. The van der Waals surface area contributed by atoms with Crippen molar-refractivity contribution in [3.63, 3.8) is 0 Å². The predicted octanol–water partition coefficient (Wildman–Crippen LogP) is 17.3. The summed E-state index contributed by atoms with van der Waals surface area (Å²) in [6.45, 7) is 0. The molecule has 1 heterocycles. The van der Waals surface area contributed by atoms with Gasteiger partial charge in [0.25, 0.3) is 0 Å². The van der Waals surface area contributed by atoms with Crippen molar-refractivity contribution in [1.29, 1.82) is 0 Å². The van der Waals surface area contributed by atoms with Gasteiger partial charge in [0.1, 0.15) is 11.2 Å². The standard InChI is InChI=1S/C60H40N2O/c1-2-19-44(20-3-1)62(58-31-11-18-42-16-5-7-24-51(42)58)47-22-12-21-46(39-47)61(48-37-38-60-57(40-48)56-25-8-9-32-59(56)63-60)45-35-33-43(34-36-45)50-26-13-29-54-53(50)28-14-30-55(54)52-27-10-17-41-15-4-6-23-49(41)52/h1-40H. The molecule has 296 valence electrons. The number of rotatable bonds is 8. The molecule has 0 spiro atoms. The zero-order chi connectivity index (χ0) is 41.7. The van der Waals surface area contributed by atoms with Crippen LogP contribution in [0.2, 0.25) is 0 Å². The summed E-state index contributed by atoms with van der Waals surface area (Å²) in [5, 5.41) is 9.55. The van der Waals surface area contributed by atoms with Crippen molar-refractivity contribution in [3.05, 3.63) is 243 Å². The van der Waals surface area contributed by atoms with Crippen LogP contribution in [0.5, 0.6) is 0 Å². The average molecular weight is 805 g/mol. The smallest absolute Gasteiger partial charge is 0.135 e. The summed E-state index contributed by atoms with van der Waals surface area (Å²) in [4.78, 5) is 4.73. The highest BCUT2D eigenvalue weighted by Gasteiger charge is 2.20. The molecule has 0 fully saturated rings. The first-order valence-electron chi connectivity index (χ1n) is 21.5. The summed E-state index contributed by atoms with van der Waals surface area (Å²) in [5.74, 6) is 0. The van der Waals surface area contributed by atoms with Crippen LogP contribution in [0.25, 0.3) is 76.5 Å². The van der Waals surface area contributed by atoms with Crippen LogP contribution in [0, 0.1) is 0 Å². The van der Waals surface area contributed by atoms with E-state index in [1.54, 1.807) is 0 Å². The lowest BCUT2D eigenvalue weighted by Gasteiger charge is -2.30. The first kappa shape index (κ1) is 36.5. The summed E-state index contributed by atoms with van der Waals surface area (Å²) >= 11 is 0. The summed E-state index contributed by atoms with van der Waals surface area (Å²) in [7, 11) is 0. The SMILES string of the molecule is c1ccc(N(c2cccc(N(c3ccc(-c4cccc5c(-c6cccc7ccccc67)cccc45)cc3)c3ccc4oc5ccccc5c4c3)c2)c2cccc3ccccc23)cc1. The minimum absolute atomic E-state index is 0.869. The molecule has 0 atom stereocenters. The third-order valence-corrected chi connectivity index (χ3v) is 12.4. The van der Waals surface area contributed by atoms with Gasteiger partial charge in [0.15, 0.2) is 0 Å². The Bertz CT molecular complexity index is 3630. The monoisotopic (exact) mass is 804 g/mol. The Morgan fingerprint density at radius 2 is 0.730 bits per heavy atom. The lowest BCUT2D eigenvalue weighted by Crippen LogP contribution is -2.13. The van der Waals surface area contributed by atoms with Gasteiger partial charge in [-0.1, -0.05) is 170 Å². The first-order valence-corrected chi connectivity index (χ1v) is 21.5. The summed E-state index contributed by atoms with van der Waals surface area (Å²) < 4.78 is 6.31. The molecule has 0 aliphatic heterocycles. The third-order valence-electron chi connectivity index (χ3n) is 12.4. The summed E-state index contributed by atoms with van der Waals surface area (Å²) in [5.41, 5.74) is 13.0. The maximum atomic E-state index is 6.31. The van der Waals surface area contributed by atoms with E-state index in [0.29, 0.717) is 0 Å². The highest BCUT2D eigenvalue weighted by Crippen LogP contribution is 2.45. The van der Waals surface area contributed by atoms with Gasteiger partial charge in [-0.2, -0.15) is 0 Å². The third kappa shape index (κ3) is 6.38. The number of anilines is 6. The van der Waals surface area contributed by atoms with Crippen molar-refractivity contribution in [2.45, 2.75) is 0 Å². The van der Waals surface area contributed by atoms with E-state index in [0.717, 1.165) is 61.6 Å². The lowest BCUT2D eigenvalue weighted by atomic mass is 9.91. The van der Waals surface area contributed by atoms with E-state index in [4.69, 9.17) is 4.42 Å². The highest BCUT2D eigenvalue weighted by atomic mass is 16.3. The van der Waals surface area contributed by atoms with E-state index in [1.165, 1.54) is 49.0 Å². The molecule has 0 bridgehead atoms. The van der Waals surface area contributed by atoms with E-state index < -0.39 is 0 Å². The van der Waals surface area contributed by atoms with Crippen LogP contribution >= 0.6 is 0 Å². The molecule has 0 unspecified atom stereocenters. The van der Waals surface area contributed by atoms with Crippen LogP contribution in [0.15, 0.2) is 247 Å². The normalized spacial score (nSPS) is 11.5. The first-order chi connectivity index (χ1) is 31.2. The van der Waals surface area contributed by atoms with Crippen LogP contribution in [0.1, 0.15) is 0 Å². The average Bonchev–Trinajstić information content (AvgIpc) is 3.73. The van der Waals surface area contributed by atoms with E-state index in [-0.39, 0.29) is 0 Å². The van der Waals surface area contributed by atoms with Crippen LogP contribution in [-0.4, -0.2) is 0 Å². The molecule has 3 heteroatoms. The molecular weight excluding hydrogens is 765 g/mol. The molecule has 0 saturated heterocycles. The minimum Gasteiger partial charge on any atom is -0.456 e. The number of nitrogens with zero attached hydrogens (tertiary/aromatic N) is 2. The molecule has 0 saturated carbocycles. The zero-order valence-electron chi connectivity index (χ0n) is 34.4. The lowest BCUT2D eigenvalue weighted by molar-refractivity contribution is 0.669. The number of hydrogen-bond donors (Lipinski definition) is 0. The maximum absolute atomic E-state index is 6.31. The fraction of sp³-hybridized carbons (Fsp3) is 0. The van der Waals surface area contributed by atoms with Gasteiger partial charge in [-0.25, -0.2) is 0 Å². The fourth-order valence-corrected chi connectivity index (χ4v) is 9.53. The molecule has 11 aromatic carbocycles. The van der Waals surface area contributed by atoms with Gasteiger partial charge in [-0.05, 0) is 122 Å². The van der Waals surface area contributed by atoms with Gasteiger partial charge < -0.3 is 14.2 Å². The van der Waals surface area contributed by atoms with Crippen molar-refractivity contribution < 1.29 is 4.42 Å². The zero-order valence-corrected chi connectivity index (χ0v) is 34.4. The van der Waals surface area contributed by atoms with Crippen molar-refractivity contribution in [3.8, 4) is 22.3 Å². The molecule has 3 nitrogen and oxygen atoms in total. The molecule has 0 aliphatic carbocycles. The van der Waals surface area contributed by atoms with Crippen LogP contribution in [-0.2, 0) is 0 Å². The Morgan fingerprint density at radius 1 is 0.254 bits per heavy atom. The molecule has 1 aromatic heterocycles. The molecule has 63 heavy (non-hydrogen) atoms. The Morgan fingerprint density at radius 3 is 1.52 bits per heavy atom. The largest absolute Gasteiger partial charge is 0.456 e. The molecule has 0 amide bonds. The van der Waals surface area contributed by atoms with E-state index >= 15 is 0 Å². The van der Waals surface area contributed by atoms with Crippen LogP contribution in [0.4, 0.5) is 34.1 Å². The predicted molar refractivity (Wildman–Crippen MR) is 266 cm³/mol. The van der Waals surface area contributed by atoms with E-state index in [1.807, 2.05) is 12.1 Å². The number of para-hydroxylation sites is 2. The molecule has 12 aromatic rings. The van der Waals surface area contributed by atoms with Crippen molar-refractivity contribution in [2.24, 2.45) is 0 Å².